The average molecular weight is 385 g/mol. The first-order valence-electron chi connectivity index (χ1n) is 9.70. The van der Waals surface area contributed by atoms with Gasteiger partial charge in [-0.3, -0.25) is 19.5 Å². The summed E-state index contributed by atoms with van der Waals surface area (Å²) in [5.41, 5.74) is 5.33. The number of carbonyl (C=O) groups excluding carboxylic acids is 2. The molecule has 5 heteroatoms. The fraction of sp³-hybridized carbons (Fsp3) is 0.208. The molecular weight excluding hydrogens is 362 g/mol. The molecular formula is C24H23N3O2. The zero-order valence-electron chi connectivity index (χ0n) is 16.6. The largest absolute Gasteiger partial charge is 0.352 e. The Kier molecular flexibility index (Phi) is 5.12. The van der Waals surface area contributed by atoms with Crippen molar-refractivity contribution in [3.05, 3.63) is 94.8 Å². The Balaban J connectivity index is 1.55. The van der Waals surface area contributed by atoms with Gasteiger partial charge in [0.1, 0.15) is 0 Å². The number of aromatic nitrogens is 1. The van der Waals surface area contributed by atoms with E-state index in [2.05, 4.69) is 10.3 Å². The number of anilines is 1. The van der Waals surface area contributed by atoms with Crippen molar-refractivity contribution < 1.29 is 9.59 Å². The van der Waals surface area contributed by atoms with Crippen molar-refractivity contribution in [2.24, 2.45) is 0 Å². The number of benzene rings is 2. The predicted molar refractivity (Wildman–Crippen MR) is 113 cm³/mol. The summed E-state index contributed by atoms with van der Waals surface area (Å²) in [5, 5.41) is 2.97. The summed E-state index contributed by atoms with van der Waals surface area (Å²) in [6.07, 6.45) is 1.83. The van der Waals surface area contributed by atoms with Crippen LogP contribution in [-0.2, 0) is 11.3 Å². The third-order valence-corrected chi connectivity index (χ3v) is 5.22. The third kappa shape index (κ3) is 3.90. The van der Waals surface area contributed by atoms with E-state index in [0.717, 1.165) is 16.8 Å². The van der Waals surface area contributed by atoms with Crippen molar-refractivity contribution in [2.45, 2.75) is 32.9 Å². The van der Waals surface area contributed by atoms with E-state index < -0.39 is 6.04 Å². The van der Waals surface area contributed by atoms with Crippen molar-refractivity contribution in [1.82, 2.24) is 10.3 Å². The summed E-state index contributed by atoms with van der Waals surface area (Å²) in [6, 6.07) is 18.9. The Morgan fingerprint density at radius 3 is 2.34 bits per heavy atom. The van der Waals surface area contributed by atoms with E-state index >= 15 is 0 Å². The minimum absolute atomic E-state index is 0.112. The summed E-state index contributed by atoms with van der Waals surface area (Å²) in [6.45, 7) is 4.49. The summed E-state index contributed by atoms with van der Waals surface area (Å²) in [4.78, 5) is 31.9. The summed E-state index contributed by atoms with van der Waals surface area (Å²) < 4.78 is 0. The van der Waals surface area contributed by atoms with Gasteiger partial charge in [0.05, 0.1) is 23.7 Å². The second-order valence-corrected chi connectivity index (χ2v) is 7.43. The smallest absolute Gasteiger partial charge is 0.260 e. The molecule has 146 valence electrons. The monoisotopic (exact) mass is 385 g/mol. The van der Waals surface area contributed by atoms with E-state index in [1.807, 2.05) is 62.4 Å². The van der Waals surface area contributed by atoms with E-state index in [1.165, 1.54) is 5.56 Å². The first-order chi connectivity index (χ1) is 14.0. The normalized spacial score (nSPS) is 15.3. The Labute approximate surface area is 170 Å². The first kappa shape index (κ1) is 18.9. The molecule has 5 nitrogen and oxygen atoms in total. The quantitative estimate of drug-likeness (QED) is 0.719. The highest BCUT2D eigenvalue weighted by molar-refractivity contribution is 6.11. The molecule has 1 aliphatic heterocycles. The van der Waals surface area contributed by atoms with Gasteiger partial charge in [0, 0.05) is 18.4 Å². The maximum absolute atomic E-state index is 13.0. The molecule has 1 N–H and O–H groups in total. The molecule has 0 saturated carbocycles. The van der Waals surface area contributed by atoms with Crippen molar-refractivity contribution in [3.63, 3.8) is 0 Å². The van der Waals surface area contributed by atoms with Crippen LogP contribution in [-0.4, -0.2) is 16.8 Å². The number of hydrogen-bond acceptors (Lipinski definition) is 3. The lowest BCUT2D eigenvalue weighted by Crippen LogP contribution is -2.32. The van der Waals surface area contributed by atoms with Crippen LogP contribution in [0.25, 0.3) is 0 Å². The van der Waals surface area contributed by atoms with Crippen molar-refractivity contribution >= 4 is 17.5 Å². The van der Waals surface area contributed by atoms with Gasteiger partial charge in [0.15, 0.2) is 0 Å². The van der Waals surface area contributed by atoms with E-state index in [-0.39, 0.29) is 18.2 Å². The highest BCUT2D eigenvalue weighted by atomic mass is 16.2. The summed E-state index contributed by atoms with van der Waals surface area (Å²) >= 11 is 0. The van der Waals surface area contributed by atoms with Gasteiger partial charge >= 0.3 is 0 Å². The number of carbonyl (C=O) groups is 2. The van der Waals surface area contributed by atoms with Gasteiger partial charge in [0.25, 0.3) is 5.91 Å². The van der Waals surface area contributed by atoms with Crippen LogP contribution < -0.4 is 10.2 Å². The van der Waals surface area contributed by atoms with Gasteiger partial charge in [0.2, 0.25) is 5.91 Å². The zero-order valence-corrected chi connectivity index (χ0v) is 16.6. The van der Waals surface area contributed by atoms with Gasteiger partial charge in [-0.15, -0.1) is 0 Å². The summed E-state index contributed by atoms with van der Waals surface area (Å²) in [7, 11) is 0. The Bertz CT molecular complexity index is 1040. The molecule has 1 aromatic heterocycles. The van der Waals surface area contributed by atoms with Gasteiger partial charge in [-0.05, 0) is 43.7 Å². The average Bonchev–Trinajstić information content (AvgIpc) is 3.00. The number of hydrogen-bond donors (Lipinski definition) is 1. The number of aryl methyl sites for hydroxylation is 2. The predicted octanol–water partition coefficient (Wildman–Crippen LogP) is 4.11. The van der Waals surface area contributed by atoms with Gasteiger partial charge in [-0.25, -0.2) is 0 Å². The molecule has 2 aromatic carbocycles. The van der Waals surface area contributed by atoms with Crippen LogP contribution in [0.15, 0.2) is 66.9 Å². The Morgan fingerprint density at radius 2 is 1.66 bits per heavy atom. The molecule has 0 fully saturated rings. The molecule has 29 heavy (non-hydrogen) atoms. The van der Waals surface area contributed by atoms with Crippen LogP contribution in [0.1, 0.15) is 45.2 Å². The Morgan fingerprint density at radius 1 is 1.00 bits per heavy atom. The lowest BCUT2D eigenvalue weighted by atomic mass is 10.1. The van der Waals surface area contributed by atoms with Crippen molar-refractivity contribution in [3.8, 4) is 0 Å². The highest BCUT2D eigenvalue weighted by Gasteiger charge is 2.39. The number of nitrogens with zero attached hydrogens (tertiary/aromatic N) is 2. The zero-order chi connectivity index (χ0) is 20.4. The topological polar surface area (TPSA) is 62.3 Å². The maximum Gasteiger partial charge on any atom is 0.260 e. The second kappa shape index (κ2) is 7.87. The molecule has 4 rings (SSSR count). The Hall–Kier alpha value is -3.47. The summed E-state index contributed by atoms with van der Waals surface area (Å²) in [5.74, 6) is -0.229. The molecule has 0 unspecified atom stereocenters. The van der Waals surface area contributed by atoms with Crippen LogP contribution >= 0.6 is 0 Å². The number of pyridine rings is 1. The molecule has 0 bridgehead atoms. The van der Waals surface area contributed by atoms with E-state index in [9.17, 15) is 9.59 Å². The lowest BCUT2D eigenvalue weighted by Gasteiger charge is -2.24. The van der Waals surface area contributed by atoms with Gasteiger partial charge in [-0.1, -0.05) is 47.5 Å². The first-order valence-corrected chi connectivity index (χ1v) is 9.70. The van der Waals surface area contributed by atoms with Crippen LogP contribution in [0.2, 0.25) is 0 Å². The molecule has 0 aliphatic carbocycles. The third-order valence-electron chi connectivity index (χ3n) is 5.22. The fourth-order valence-electron chi connectivity index (χ4n) is 3.60. The maximum atomic E-state index is 13.0. The number of amides is 2. The minimum Gasteiger partial charge on any atom is -0.352 e. The van der Waals surface area contributed by atoms with Crippen molar-refractivity contribution in [1.29, 1.82) is 0 Å². The lowest BCUT2D eigenvalue weighted by molar-refractivity contribution is -0.121. The fourth-order valence-corrected chi connectivity index (χ4v) is 3.60. The molecule has 3 aromatic rings. The highest BCUT2D eigenvalue weighted by Crippen LogP contribution is 2.38. The molecule has 0 spiro atoms. The molecule has 2 amide bonds. The van der Waals surface area contributed by atoms with Crippen molar-refractivity contribution in [2.75, 3.05) is 4.90 Å². The standard InChI is InChI=1S/C24H23N3O2/c1-16-5-9-18(10-6-16)15-26-22(28)14-21-23-20(4-3-13-25-23)24(29)27(21)19-11-7-17(2)8-12-19/h3-13,21H,14-15H2,1-2H3,(H,26,28)/t21-/m0/s1. The van der Waals surface area contributed by atoms with Crippen LogP contribution in [0, 0.1) is 13.8 Å². The van der Waals surface area contributed by atoms with Crippen LogP contribution in [0.4, 0.5) is 5.69 Å². The van der Waals surface area contributed by atoms with E-state index in [1.54, 1.807) is 23.2 Å². The molecule has 1 atom stereocenters. The van der Waals surface area contributed by atoms with E-state index in [4.69, 9.17) is 0 Å². The number of fused-ring (bicyclic) bond motifs is 1. The number of nitrogens with one attached hydrogen (secondary N) is 1. The molecule has 0 radical (unpaired) electrons. The van der Waals surface area contributed by atoms with Crippen LogP contribution in [0.5, 0.6) is 0 Å². The molecule has 1 aliphatic rings. The van der Waals surface area contributed by atoms with Crippen LogP contribution in [0.3, 0.4) is 0 Å². The molecule has 2 heterocycles. The molecule has 0 saturated heterocycles. The van der Waals surface area contributed by atoms with Gasteiger partial charge in [-0.2, -0.15) is 0 Å². The minimum atomic E-state index is -0.417. The SMILES string of the molecule is Cc1ccc(CNC(=O)C[C@H]2c3ncccc3C(=O)N2c2ccc(C)cc2)cc1. The number of rotatable bonds is 5. The second-order valence-electron chi connectivity index (χ2n) is 7.43. The van der Waals surface area contributed by atoms with Gasteiger partial charge < -0.3 is 5.32 Å². The van der Waals surface area contributed by atoms with E-state index in [0.29, 0.717) is 17.8 Å².